The van der Waals surface area contributed by atoms with Crippen LogP contribution < -0.4 is 0 Å². The minimum absolute atomic E-state index is 0.0432. The zero-order valence-corrected chi connectivity index (χ0v) is 13.3. The summed E-state index contributed by atoms with van der Waals surface area (Å²) in [6.07, 6.45) is 11.2. The summed E-state index contributed by atoms with van der Waals surface area (Å²) in [5, 5.41) is 10.7. The van der Waals surface area contributed by atoms with Gasteiger partial charge in [-0.1, -0.05) is 19.3 Å². The lowest BCUT2D eigenvalue weighted by atomic mass is 9.74. The molecule has 1 N–H and O–H groups in total. The van der Waals surface area contributed by atoms with Crippen LogP contribution in [0.25, 0.3) is 0 Å². The fourth-order valence-corrected chi connectivity index (χ4v) is 4.12. The molecule has 1 saturated carbocycles. The first-order chi connectivity index (χ1) is 9.69. The van der Waals surface area contributed by atoms with Crippen LogP contribution in [-0.4, -0.2) is 22.3 Å². The molecular formula is C16H22BrNO2. The van der Waals surface area contributed by atoms with Gasteiger partial charge in [-0.15, -0.1) is 0 Å². The van der Waals surface area contributed by atoms with Crippen molar-refractivity contribution in [1.82, 2.24) is 4.98 Å². The van der Waals surface area contributed by atoms with Gasteiger partial charge in [0.1, 0.15) is 0 Å². The van der Waals surface area contributed by atoms with Gasteiger partial charge in [0.05, 0.1) is 11.7 Å². The third kappa shape index (κ3) is 3.07. The Morgan fingerprint density at radius 1 is 1.30 bits per heavy atom. The Kier molecular flexibility index (Phi) is 4.43. The quantitative estimate of drug-likeness (QED) is 0.885. The largest absolute Gasteiger partial charge is 0.388 e. The van der Waals surface area contributed by atoms with Crippen LogP contribution in [0, 0.1) is 5.92 Å². The van der Waals surface area contributed by atoms with Gasteiger partial charge in [0.25, 0.3) is 0 Å². The number of pyridine rings is 1. The highest BCUT2D eigenvalue weighted by Gasteiger charge is 2.40. The van der Waals surface area contributed by atoms with Gasteiger partial charge < -0.3 is 9.84 Å². The van der Waals surface area contributed by atoms with Crippen LogP contribution >= 0.6 is 15.9 Å². The van der Waals surface area contributed by atoms with Crippen molar-refractivity contribution in [2.45, 2.75) is 56.7 Å². The van der Waals surface area contributed by atoms with Crippen LogP contribution in [0.5, 0.6) is 0 Å². The van der Waals surface area contributed by atoms with Crippen LogP contribution in [0.2, 0.25) is 0 Å². The van der Waals surface area contributed by atoms with E-state index in [2.05, 4.69) is 20.9 Å². The molecule has 2 atom stereocenters. The number of aromatic nitrogens is 1. The highest BCUT2D eigenvalue weighted by molar-refractivity contribution is 9.10. The Balaban J connectivity index is 1.73. The van der Waals surface area contributed by atoms with E-state index in [1.165, 1.54) is 19.3 Å². The molecule has 2 fully saturated rings. The second-order valence-corrected chi connectivity index (χ2v) is 7.14. The monoisotopic (exact) mass is 339 g/mol. The Morgan fingerprint density at radius 2 is 2.10 bits per heavy atom. The molecule has 0 amide bonds. The molecule has 1 aliphatic heterocycles. The van der Waals surface area contributed by atoms with E-state index in [1.54, 1.807) is 12.4 Å². The Hall–Kier alpha value is -0.450. The SMILES string of the molecule is OC(c1cncc(Br)c1)C1CCOC2(CCCCC2)C1. The number of rotatable bonds is 2. The number of hydrogen-bond donors (Lipinski definition) is 1. The summed E-state index contributed by atoms with van der Waals surface area (Å²) in [5.74, 6) is 0.290. The normalized spacial score (nSPS) is 27.4. The van der Waals surface area contributed by atoms with Crippen molar-refractivity contribution in [3.8, 4) is 0 Å². The summed E-state index contributed by atoms with van der Waals surface area (Å²) in [6.45, 7) is 0.781. The lowest BCUT2D eigenvalue weighted by Crippen LogP contribution is -2.42. The molecule has 1 aliphatic carbocycles. The molecule has 1 aromatic heterocycles. The van der Waals surface area contributed by atoms with Gasteiger partial charge in [-0.25, -0.2) is 0 Å². The van der Waals surface area contributed by atoms with E-state index in [1.807, 2.05) is 6.07 Å². The molecule has 3 rings (SSSR count). The number of hydrogen-bond acceptors (Lipinski definition) is 3. The molecule has 0 radical (unpaired) electrons. The van der Waals surface area contributed by atoms with Crippen molar-refractivity contribution in [2.24, 2.45) is 5.92 Å². The van der Waals surface area contributed by atoms with Gasteiger partial charge in [-0.2, -0.15) is 0 Å². The topological polar surface area (TPSA) is 42.4 Å². The molecule has 3 nitrogen and oxygen atoms in total. The molecule has 20 heavy (non-hydrogen) atoms. The predicted molar refractivity (Wildman–Crippen MR) is 81.4 cm³/mol. The average Bonchev–Trinajstić information content (AvgIpc) is 2.47. The van der Waals surface area contributed by atoms with Gasteiger partial charge in [-0.05, 0) is 53.6 Å². The molecular weight excluding hydrogens is 318 g/mol. The molecule has 1 spiro atoms. The maximum atomic E-state index is 10.7. The molecule has 2 aliphatic rings. The van der Waals surface area contributed by atoms with Crippen LogP contribution in [0.3, 0.4) is 0 Å². The molecule has 4 heteroatoms. The van der Waals surface area contributed by atoms with Gasteiger partial charge in [0.2, 0.25) is 0 Å². The van der Waals surface area contributed by atoms with Crippen molar-refractivity contribution in [2.75, 3.05) is 6.61 Å². The van der Waals surface area contributed by atoms with Crippen molar-refractivity contribution in [1.29, 1.82) is 0 Å². The van der Waals surface area contributed by atoms with Crippen LogP contribution in [0.1, 0.15) is 56.6 Å². The van der Waals surface area contributed by atoms with E-state index in [0.29, 0.717) is 0 Å². The summed E-state index contributed by atoms with van der Waals surface area (Å²) >= 11 is 3.43. The smallest absolute Gasteiger partial charge is 0.0835 e. The summed E-state index contributed by atoms with van der Waals surface area (Å²) in [7, 11) is 0. The van der Waals surface area contributed by atoms with E-state index in [0.717, 1.165) is 42.3 Å². The van der Waals surface area contributed by atoms with Crippen LogP contribution in [0.4, 0.5) is 0 Å². The average molecular weight is 340 g/mol. The molecule has 2 unspecified atom stereocenters. The molecule has 110 valence electrons. The van der Waals surface area contributed by atoms with Crippen LogP contribution in [-0.2, 0) is 4.74 Å². The highest BCUT2D eigenvalue weighted by atomic mass is 79.9. The highest BCUT2D eigenvalue weighted by Crippen LogP contribution is 2.44. The second kappa shape index (κ2) is 6.12. The van der Waals surface area contributed by atoms with Gasteiger partial charge in [-0.3, -0.25) is 4.98 Å². The molecule has 0 bridgehead atoms. The first kappa shape index (κ1) is 14.5. The Morgan fingerprint density at radius 3 is 2.85 bits per heavy atom. The first-order valence-electron chi connectivity index (χ1n) is 7.61. The fraction of sp³-hybridized carbons (Fsp3) is 0.688. The maximum Gasteiger partial charge on any atom is 0.0835 e. The predicted octanol–water partition coefficient (Wildman–Crippen LogP) is 4.01. The van der Waals surface area contributed by atoms with E-state index < -0.39 is 6.10 Å². The summed E-state index contributed by atoms with van der Waals surface area (Å²) < 4.78 is 7.03. The number of aliphatic hydroxyl groups excluding tert-OH is 1. The molecule has 0 aromatic carbocycles. The third-order valence-electron chi connectivity index (χ3n) is 4.81. The summed E-state index contributed by atoms with van der Waals surface area (Å²) in [5.41, 5.74) is 0.957. The van der Waals surface area contributed by atoms with Crippen molar-refractivity contribution >= 4 is 15.9 Å². The number of nitrogens with zero attached hydrogens (tertiary/aromatic N) is 1. The van der Waals surface area contributed by atoms with Crippen molar-refractivity contribution in [3.05, 3.63) is 28.5 Å². The lowest BCUT2D eigenvalue weighted by Gasteiger charge is -2.44. The van der Waals surface area contributed by atoms with E-state index in [9.17, 15) is 5.11 Å². The molecule has 1 saturated heterocycles. The van der Waals surface area contributed by atoms with Crippen molar-refractivity contribution < 1.29 is 9.84 Å². The first-order valence-corrected chi connectivity index (χ1v) is 8.40. The van der Waals surface area contributed by atoms with E-state index in [-0.39, 0.29) is 11.5 Å². The van der Waals surface area contributed by atoms with Crippen molar-refractivity contribution in [3.63, 3.8) is 0 Å². The lowest BCUT2D eigenvalue weighted by molar-refractivity contribution is -0.134. The minimum Gasteiger partial charge on any atom is -0.388 e. The molecule has 2 heterocycles. The number of ether oxygens (including phenoxy) is 1. The standard InChI is InChI=1S/C16H22BrNO2/c17-14-8-13(10-18-11-14)15(19)12-4-7-20-16(9-12)5-2-1-3-6-16/h8,10-12,15,19H,1-7,9H2. The third-order valence-corrected chi connectivity index (χ3v) is 5.24. The zero-order valence-electron chi connectivity index (χ0n) is 11.7. The van der Waals surface area contributed by atoms with E-state index >= 15 is 0 Å². The fourth-order valence-electron chi connectivity index (χ4n) is 3.74. The number of halogens is 1. The Bertz CT molecular complexity index is 454. The van der Waals surface area contributed by atoms with E-state index in [4.69, 9.17) is 4.74 Å². The zero-order chi connectivity index (χ0) is 14.0. The van der Waals surface area contributed by atoms with Gasteiger partial charge in [0.15, 0.2) is 0 Å². The summed E-state index contributed by atoms with van der Waals surface area (Å²) in [6, 6.07) is 1.97. The summed E-state index contributed by atoms with van der Waals surface area (Å²) in [4.78, 5) is 4.17. The minimum atomic E-state index is -0.428. The molecule has 1 aromatic rings. The maximum absolute atomic E-state index is 10.7. The second-order valence-electron chi connectivity index (χ2n) is 6.23. The Labute approximate surface area is 128 Å². The van der Waals surface area contributed by atoms with Gasteiger partial charge in [0, 0.05) is 29.0 Å². The van der Waals surface area contributed by atoms with Crippen LogP contribution in [0.15, 0.2) is 22.9 Å². The van der Waals surface area contributed by atoms with Gasteiger partial charge >= 0.3 is 0 Å². The number of aliphatic hydroxyl groups is 1.